The first-order valence-electron chi connectivity index (χ1n) is 2.79. The van der Waals surface area contributed by atoms with Gasteiger partial charge in [-0.05, 0) is 6.42 Å². The van der Waals surface area contributed by atoms with Crippen LogP contribution in [-0.2, 0) is 9.47 Å². The highest BCUT2D eigenvalue weighted by Gasteiger charge is 1.82. The third kappa shape index (κ3) is 7.62. The Bertz CT molecular complexity index is 63.3. The summed E-state index contributed by atoms with van der Waals surface area (Å²) in [4.78, 5) is 0. The van der Waals surface area contributed by atoms with Crippen molar-refractivity contribution in [1.29, 1.82) is 0 Å². The van der Waals surface area contributed by atoms with Gasteiger partial charge in [-0.1, -0.05) is 6.08 Å². The van der Waals surface area contributed by atoms with Gasteiger partial charge in [0.25, 0.3) is 0 Å². The van der Waals surface area contributed by atoms with Crippen LogP contribution in [0.25, 0.3) is 0 Å². The maximum absolute atomic E-state index is 8.10. The van der Waals surface area contributed by atoms with Gasteiger partial charge in [0, 0.05) is 0 Å². The van der Waals surface area contributed by atoms with Gasteiger partial charge in [-0.25, -0.2) is 0 Å². The lowest BCUT2D eigenvalue weighted by atomic mass is 10.5. The summed E-state index contributed by atoms with van der Waals surface area (Å²) < 4.78 is 9.34. The fourth-order valence-electron chi connectivity index (χ4n) is 0.322. The van der Waals surface area contributed by atoms with Gasteiger partial charge < -0.3 is 14.6 Å². The van der Waals surface area contributed by atoms with Crippen LogP contribution in [0.2, 0.25) is 0 Å². The number of ether oxygens (including phenoxy) is 2. The van der Waals surface area contributed by atoms with E-state index < -0.39 is 0 Å². The van der Waals surface area contributed by atoms with Gasteiger partial charge in [-0.2, -0.15) is 0 Å². The Morgan fingerprint density at radius 2 is 2.22 bits per heavy atom. The Hall–Kier alpha value is -0.380. The van der Waals surface area contributed by atoms with Crippen LogP contribution in [0.5, 0.6) is 0 Å². The highest BCUT2D eigenvalue weighted by molar-refractivity contribution is 4.64. The van der Waals surface area contributed by atoms with E-state index in [9.17, 15) is 0 Å². The number of aliphatic hydroxyl groups is 1. The van der Waals surface area contributed by atoms with Crippen LogP contribution in [-0.4, -0.2) is 25.3 Å². The smallest absolute Gasteiger partial charge is 0.149 e. The standard InChI is InChI=1S/C6H12O3/c1-2-3-4-8-6-9-5-7/h2,7H,1,3-6H2. The zero-order valence-corrected chi connectivity index (χ0v) is 5.38. The molecule has 0 aliphatic rings. The summed E-state index contributed by atoms with van der Waals surface area (Å²) in [6, 6.07) is 0. The van der Waals surface area contributed by atoms with Crippen LogP contribution in [0.15, 0.2) is 12.7 Å². The van der Waals surface area contributed by atoms with E-state index in [0.717, 1.165) is 6.42 Å². The summed E-state index contributed by atoms with van der Waals surface area (Å²) >= 11 is 0. The van der Waals surface area contributed by atoms with Gasteiger partial charge in [-0.3, -0.25) is 0 Å². The lowest BCUT2D eigenvalue weighted by molar-refractivity contribution is -0.107. The maximum atomic E-state index is 8.10. The first-order valence-corrected chi connectivity index (χ1v) is 2.79. The molecule has 0 atom stereocenters. The van der Waals surface area contributed by atoms with Crippen LogP contribution in [0, 0.1) is 0 Å². The second kappa shape index (κ2) is 7.62. The van der Waals surface area contributed by atoms with E-state index in [1.807, 2.05) is 0 Å². The predicted octanol–water partition coefficient (Wildman–Crippen LogP) is 0.503. The maximum Gasteiger partial charge on any atom is 0.149 e. The van der Waals surface area contributed by atoms with Crippen molar-refractivity contribution in [2.75, 3.05) is 20.2 Å². The zero-order valence-electron chi connectivity index (χ0n) is 5.38. The molecule has 0 radical (unpaired) electrons. The van der Waals surface area contributed by atoms with Crippen LogP contribution in [0.4, 0.5) is 0 Å². The Morgan fingerprint density at radius 1 is 1.44 bits per heavy atom. The molecule has 0 unspecified atom stereocenters. The summed E-state index contributed by atoms with van der Waals surface area (Å²) in [6.45, 7) is 3.98. The molecule has 0 aromatic rings. The lowest BCUT2D eigenvalue weighted by Crippen LogP contribution is -2.01. The van der Waals surface area contributed by atoms with Gasteiger partial charge >= 0.3 is 0 Å². The van der Waals surface area contributed by atoms with E-state index in [0.29, 0.717) is 6.61 Å². The molecule has 0 rings (SSSR count). The van der Waals surface area contributed by atoms with Gasteiger partial charge in [0.15, 0.2) is 0 Å². The number of hydrogen-bond donors (Lipinski definition) is 1. The monoisotopic (exact) mass is 132 g/mol. The van der Waals surface area contributed by atoms with Gasteiger partial charge in [0.05, 0.1) is 6.61 Å². The minimum Gasteiger partial charge on any atom is -0.371 e. The van der Waals surface area contributed by atoms with Crippen molar-refractivity contribution < 1.29 is 14.6 Å². The molecular weight excluding hydrogens is 120 g/mol. The first-order chi connectivity index (χ1) is 4.41. The molecule has 0 heterocycles. The third-order valence-electron chi connectivity index (χ3n) is 0.724. The van der Waals surface area contributed by atoms with Crippen LogP contribution in [0.1, 0.15) is 6.42 Å². The van der Waals surface area contributed by atoms with E-state index in [1.165, 1.54) is 0 Å². The molecule has 0 fully saturated rings. The second-order valence-electron chi connectivity index (χ2n) is 1.44. The number of rotatable bonds is 6. The SMILES string of the molecule is C=CCCOCOCO. The van der Waals surface area contributed by atoms with Gasteiger partial charge in [0.1, 0.15) is 13.6 Å². The molecule has 54 valence electrons. The zero-order chi connectivity index (χ0) is 6.95. The highest BCUT2D eigenvalue weighted by atomic mass is 16.7. The average Bonchev–Trinajstić information content (AvgIpc) is 1.89. The summed E-state index contributed by atoms with van der Waals surface area (Å²) in [7, 11) is 0. The first kappa shape index (κ1) is 8.62. The summed E-state index contributed by atoms with van der Waals surface area (Å²) in [5.41, 5.74) is 0. The fraction of sp³-hybridized carbons (Fsp3) is 0.667. The second-order valence-corrected chi connectivity index (χ2v) is 1.44. The predicted molar refractivity (Wildman–Crippen MR) is 33.8 cm³/mol. The Kier molecular flexibility index (Phi) is 7.30. The minimum atomic E-state index is -0.284. The van der Waals surface area contributed by atoms with Crippen molar-refractivity contribution >= 4 is 0 Å². The fourth-order valence-corrected chi connectivity index (χ4v) is 0.322. The van der Waals surface area contributed by atoms with Gasteiger partial charge in [0.2, 0.25) is 0 Å². The molecule has 0 aliphatic heterocycles. The highest BCUT2D eigenvalue weighted by Crippen LogP contribution is 1.82. The Labute approximate surface area is 54.9 Å². The van der Waals surface area contributed by atoms with Crippen LogP contribution >= 0.6 is 0 Å². The van der Waals surface area contributed by atoms with Crippen molar-refractivity contribution in [2.45, 2.75) is 6.42 Å². The minimum absolute atomic E-state index is 0.157. The largest absolute Gasteiger partial charge is 0.371 e. The van der Waals surface area contributed by atoms with E-state index in [1.54, 1.807) is 6.08 Å². The van der Waals surface area contributed by atoms with Crippen molar-refractivity contribution in [3.05, 3.63) is 12.7 Å². The quantitative estimate of drug-likeness (QED) is 0.325. The number of aliphatic hydroxyl groups excluding tert-OH is 1. The number of hydrogen-bond acceptors (Lipinski definition) is 3. The molecule has 0 saturated carbocycles. The molecule has 0 saturated heterocycles. The summed E-state index contributed by atoms with van der Waals surface area (Å²) in [5, 5.41) is 8.10. The lowest BCUT2D eigenvalue weighted by Gasteiger charge is -1.99. The van der Waals surface area contributed by atoms with Crippen molar-refractivity contribution in [3.8, 4) is 0 Å². The van der Waals surface area contributed by atoms with E-state index in [2.05, 4.69) is 11.3 Å². The molecule has 0 spiro atoms. The van der Waals surface area contributed by atoms with Crippen LogP contribution < -0.4 is 0 Å². The molecular formula is C6H12O3. The van der Waals surface area contributed by atoms with E-state index >= 15 is 0 Å². The van der Waals surface area contributed by atoms with E-state index in [-0.39, 0.29) is 13.6 Å². The van der Waals surface area contributed by atoms with Crippen molar-refractivity contribution in [3.63, 3.8) is 0 Å². The van der Waals surface area contributed by atoms with Crippen molar-refractivity contribution in [1.82, 2.24) is 0 Å². The molecule has 0 bridgehead atoms. The molecule has 0 amide bonds. The van der Waals surface area contributed by atoms with Gasteiger partial charge in [-0.15, -0.1) is 6.58 Å². The third-order valence-corrected chi connectivity index (χ3v) is 0.724. The van der Waals surface area contributed by atoms with Crippen molar-refractivity contribution in [2.24, 2.45) is 0 Å². The molecule has 0 aliphatic carbocycles. The molecule has 3 heteroatoms. The average molecular weight is 132 g/mol. The normalized spacial score (nSPS) is 9.44. The molecule has 3 nitrogen and oxygen atoms in total. The topological polar surface area (TPSA) is 38.7 Å². The molecule has 1 N–H and O–H groups in total. The van der Waals surface area contributed by atoms with E-state index in [4.69, 9.17) is 9.84 Å². The Balaban J connectivity index is 2.66. The Morgan fingerprint density at radius 3 is 2.78 bits per heavy atom. The van der Waals surface area contributed by atoms with Crippen LogP contribution in [0.3, 0.4) is 0 Å². The molecule has 0 aromatic heterocycles. The summed E-state index contributed by atoms with van der Waals surface area (Å²) in [6.07, 6.45) is 2.58. The molecule has 0 aromatic carbocycles. The summed E-state index contributed by atoms with van der Waals surface area (Å²) in [5.74, 6) is 0. The molecule has 9 heavy (non-hydrogen) atoms.